The average molecular weight is 225 g/mol. The van der Waals surface area contributed by atoms with E-state index in [9.17, 15) is 17.6 Å². The first-order valence-electron chi connectivity index (χ1n) is 3.74. The monoisotopic (exact) mass is 225 g/mol. The zero-order valence-corrected chi connectivity index (χ0v) is 7.31. The predicted molar refractivity (Wildman–Crippen MR) is 43.2 cm³/mol. The summed E-state index contributed by atoms with van der Waals surface area (Å²) in [5, 5.41) is 0. The van der Waals surface area contributed by atoms with Gasteiger partial charge in [-0.1, -0.05) is 0 Å². The van der Waals surface area contributed by atoms with E-state index in [1.165, 1.54) is 0 Å². The van der Waals surface area contributed by atoms with Crippen LogP contribution in [0.1, 0.15) is 5.56 Å². The molecule has 15 heavy (non-hydrogen) atoms. The van der Waals surface area contributed by atoms with Crippen molar-refractivity contribution in [3.8, 4) is 5.75 Å². The van der Waals surface area contributed by atoms with Crippen LogP contribution in [0.4, 0.5) is 23.2 Å². The van der Waals surface area contributed by atoms with E-state index in [1.807, 2.05) is 0 Å². The number of hydrogen-bond donors (Lipinski definition) is 2. The van der Waals surface area contributed by atoms with Gasteiger partial charge in [-0.3, -0.25) is 0 Å². The molecule has 0 amide bonds. The van der Waals surface area contributed by atoms with Crippen LogP contribution < -0.4 is 16.2 Å². The molecule has 4 N–H and O–H groups in total. The zero-order valence-electron chi connectivity index (χ0n) is 7.31. The van der Waals surface area contributed by atoms with Crippen LogP contribution >= 0.6 is 0 Å². The smallest absolute Gasteiger partial charge is 0.400 e. The molecule has 84 valence electrons. The van der Waals surface area contributed by atoms with Crippen LogP contribution in [0.3, 0.4) is 0 Å². The molecule has 0 spiro atoms. The van der Waals surface area contributed by atoms with Gasteiger partial charge >= 0.3 is 6.36 Å². The molecule has 0 saturated heterocycles. The molecule has 1 aromatic heterocycles. The van der Waals surface area contributed by atoms with E-state index in [2.05, 4.69) is 9.72 Å². The molecular formula is C7H7F4N3O. The summed E-state index contributed by atoms with van der Waals surface area (Å²) in [6.07, 6.45) is -4.14. The van der Waals surface area contributed by atoms with E-state index < -0.39 is 18.1 Å². The molecule has 0 aliphatic heterocycles. The van der Waals surface area contributed by atoms with Crippen molar-refractivity contribution in [3.63, 3.8) is 0 Å². The van der Waals surface area contributed by atoms with Crippen molar-refractivity contribution in [3.05, 3.63) is 17.7 Å². The van der Waals surface area contributed by atoms with Crippen molar-refractivity contribution in [1.82, 2.24) is 4.98 Å². The lowest BCUT2D eigenvalue weighted by molar-refractivity contribution is -0.276. The van der Waals surface area contributed by atoms with Gasteiger partial charge in [-0.15, -0.1) is 13.2 Å². The highest BCUT2D eigenvalue weighted by Gasteiger charge is 2.34. The number of nitrogens with zero attached hydrogens (tertiary/aromatic N) is 1. The Morgan fingerprint density at radius 2 is 2.00 bits per heavy atom. The number of ether oxygens (including phenoxy) is 1. The standard InChI is InChI=1S/C7H7F4N3O/c8-6-5(15-7(9,10)11)3(1-12)4(13)2-14-6/h2H,1,12-13H2. The van der Waals surface area contributed by atoms with Gasteiger partial charge in [0, 0.05) is 12.1 Å². The van der Waals surface area contributed by atoms with Crippen LogP contribution in [-0.4, -0.2) is 11.3 Å². The first-order valence-corrected chi connectivity index (χ1v) is 3.74. The SMILES string of the molecule is NCc1c(N)cnc(F)c1OC(F)(F)F. The van der Waals surface area contributed by atoms with E-state index in [4.69, 9.17) is 11.5 Å². The minimum absolute atomic E-state index is 0.154. The summed E-state index contributed by atoms with van der Waals surface area (Å²) in [6.45, 7) is -0.378. The van der Waals surface area contributed by atoms with Gasteiger partial charge in [0.1, 0.15) is 0 Å². The van der Waals surface area contributed by atoms with Crippen molar-refractivity contribution in [2.45, 2.75) is 12.9 Å². The lowest BCUT2D eigenvalue weighted by Crippen LogP contribution is -2.20. The van der Waals surface area contributed by atoms with Crippen molar-refractivity contribution >= 4 is 5.69 Å². The Labute approximate surface area is 81.8 Å². The molecule has 0 unspecified atom stereocenters. The Morgan fingerprint density at radius 1 is 1.40 bits per heavy atom. The van der Waals surface area contributed by atoms with Gasteiger partial charge in [-0.05, 0) is 0 Å². The Kier molecular flexibility index (Phi) is 2.98. The first-order chi connectivity index (χ1) is 6.85. The van der Waals surface area contributed by atoms with E-state index in [0.29, 0.717) is 0 Å². The van der Waals surface area contributed by atoms with Crippen molar-refractivity contribution in [2.24, 2.45) is 5.73 Å². The molecule has 0 aliphatic carbocycles. The molecule has 0 atom stereocenters. The van der Waals surface area contributed by atoms with E-state index in [-0.39, 0.29) is 17.8 Å². The van der Waals surface area contributed by atoms with Gasteiger partial charge in [0.15, 0.2) is 5.75 Å². The fourth-order valence-corrected chi connectivity index (χ4v) is 0.948. The second kappa shape index (κ2) is 3.89. The lowest BCUT2D eigenvalue weighted by atomic mass is 10.2. The maximum Gasteiger partial charge on any atom is 0.573 e. The Balaban J connectivity index is 3.20. The third-order valence-electron chi connectivity index (χ3n) is 1.55. The summed E-state index contributed by atoms with van der Waals surface area (Å²) in [5.41, 5.74) is 9.96. The van der Waals surface area contributed by atoms with Gasteiger partial charge in [0.05, 0.1) is 11.9 Å². The minimum atomic E-state index is -5.01. The first kappa shape index (κ1) is 11.5. The summed E-state index contributed by atoms with van der Waals surface area (Å²) in [5.74, 6) is -2.48. The number of aromatic nitrogens is 1. The van der Waals surface area contributed by atoms with Gasteiger partial charge < -0.3 is 16.2 Å². The van der Waals surface area contributed by atoms with Crippen molar-refractivity contribution < 1.29 is 22.3 Å². The van der Waals surface area contributed by atoms with E-state index >= 15 is 0 Å². The minimum Gasteiger partial charge on any atom is -0.400 e. The molecule has 0 fully saturated rings. The van der Waals surface area contributed by atoms with Crippen LogP contribution in [0.25, 0.3) is 0 Å². The number of alkyl halides is 3. The third-order valence-corrected chi connectivity index (χ3v) is 1.55. The van der Waals surface area contributed by atoms with Crippen LogP contribution in [0.15, 0.2) is 6.20 Å². The maximum absolute atomic E-state index is 12.9. The molecule has 0 radical (unpaired) electrons. The lowest BCUT2D eigenvalue weighted by Gasteiger charge is -2.13. The fourth-order valence-electron chi connectivity index (χ4n) is 0.948. The molecule has 4 nitrogen and oxygen atoms in total. The normalized spacial score (nSPS) is 11.5. The number of nitrogen functional groups attached to an aromatic ring is 1. The van der Waals surface area contributed by atoms with Crippen LogP contribution in [0, 0.1) is 5.95 Å². The highest BCUT2D eigenvalue weighted by Crippen LogP contribution is 2.30. The highest BCUT2D eigenvalue weighted by molar-refractivity contribution is 5.52. The number of halogens is 4. The quantitative estimate of drug-likeness (QED) is 0.585. The van der Waals surface area contributed by atoms with Crippen LogP contribution in [0.5, 0.6) is 5.75 Å². The molecule has 0 aliphatic rings. The molecule has 1 rings (SSSR count). The predicted octanol–water partition coefficient (Wildman–Crippen LogP) is 1.16. The second-order valence-electron chi connectivity index (χ2n) is 2.56. The number of hydrogen-bond acceptors (Lipinski definition) is 4. The van der Waals surface area contributed by atoms with Crippen LogP contribution in [-0.2, 0) is 6.54 Å². The number of pyridine rings is 1. The summed E-state index contributed by atoms with van der Waals surface area (Å²) in [7, 11) is 0. The summed E-state index contributed by atoms with van der Waals surface area (Å²) >= 11 is 0. The maximum atomic E-state index is 12.9. The number of rotatable bonds is 2. The number of anilines is 1. The zero-order chi connectivity index (χ0) is 11.6. The molecule has 0 bridgehead atoms. The second-order valence-corrected chi connectivity index (χ2v) is 2.56. The summed E-state index contributed by atoms with van der Waals surface area (Å²) < 4.78 is 52.0. The van der Waals surface area contributed by atoms with Gasteiger partial charge in [0.2, 0.25) is 0 Å². The summed E-state index contributed by atoms with van der Waals surface area (Å²) in [4.78, 5) is 3.00. The molecule has 1 heterocycles. The van der Waals surface area contributed by atoms with Gasteiger partial charge in [-0.2, -0.15) is 4.39 Å². The van der Waals surface area contributed by atoms with E-state index in [0.717, 1.165) is 6.20 Å². The summed E-state index contributed by atoms with van der Waals surface area (Å²) in [6, 6.07) is 0. The van der Waals surface area contributed by atoms with Gasteiger partial charge in [0.25, 0.3) is 5.95 Å². The Bertz CT molecular complexity index is 366. The molecular weight excluding hydrogens is 218 g/mol. The fraction of sp³-hybridized carbons (Fsp3) is 0.286. The van der Waals surface area contributed by atoms with Gasteiger partial charge in [-0.25, -0.2) is 4.98 Å². The number of nitrogens with two attached hydrogens (primary N) is 2. The van der Waals surface area contributed by atoms with E-state index in [1.54, 1.807) is 0 Å². The highest BCUT2D eigenvalue weighted by atomic mass is 19.4. The van der Waals surface area contributed by atoms with Crippen molar-refractivity contribution in [1.29, 1.82) is 0 Å². The Hall–Kier alpha value is -1.57. The van der Waals surface area contributed by atoms with Crippen molar-refractivity contribution in [2.75, 3.05) is 5.73 Å². The molecule has 8 heteroatoms. The molecule has 0 saturated carbocycles. The molecule has 1 aromatic rings. The third kappa shape index (κ3) is 2.69. The molecule has 0 aromatic carbocycles. The Morgan fingerprint density at radius 3 is 2.47 bits per heavy atom. The average Bonchev–Trinajstić information content (AvgIpc) is 2.10. The largest absolute Gasteiger partial charge is 0.573 e. The van der Waals surface area contributed by atoms with Crippen LogP contribution in [0.2, 0.25) is 0 Å². The topological polar surface area (TPSA) is 74.2 Å².